The highest BCUT2D eigenvalue weighted by Crippen LogP contribution is 2.33. The van der Waals surface area contributed by atoms with Gasteiger partial charge in [0.15, 0.2) is 5.43 Å². The average molecular weight is 297 g/mol. The van der Waals surface area contributed by atoms with Crippen LogP contribution in [0.5, 0.6) is 0 Å². The molecule has 2 aromatic carbocycles. The molecule has 5 nitrogen and oxygen atoms in total. The van der Waals surface area contributed by atoms with Gasteiger partial charge in [0.1, 0.15) is 0 Å². The van der Waals surface area contributed by atoms with Crippen LogP contribution in [0.4, 0.5) is 0 Å². The first-order valence-electron chi connectivity index (χ1n) is 6.16. The van der Waals surface area contributed by atoms with Gasteiger partial charge < -0.3 is 0 Å². The zero-order valence-electron chi connectivity index (χ0n) is 10.5. The van der Waals surface area contributed by atoms with E-state index in [-0.39, 0.29) is 21.6 Å². The summed E-state index contributed by atoms with van der Waals surface area (Å²) in [6.07, 6.45) is 0. The van der Waals surface area contributed by atoms with Crippen LogP contribution in [0.15, 0.2) is 41.2 Å². The standard InChI is InChI=1S/C15H7NO4S/c17-12-7-3-1-2-4-10(7)21-13-9(12)6-5-8-11(13)15(19)16(20)14(8)18/h1-6,20H. The molecule has 3 aromatic rings. The van der Waals surface area contributed by atoms with Crippen molar-refractivity contribution >= 4 is 43.3 Å². The van der Waals surface area contributed by atoms with E-state index in [1.165, 1.54) is 23.5 Å². The van der Waals surface area contributed by atoms with Crippen molar-refractivity contribution in [2.75, 3.05) is 0 Å². The van der Waals surface area contributed by atoms with E-state index in [9.17, 15) is 19.6 Å². The maximum absolute atomic E-state index is 12.5. The van der Waals surface area contributed by atoms with E-state index in [1.54, 1.807) is 24.3 Å². The molecule has 1 N–H and O–H groups in total. The monoisotopic (exact) mass is 297 g/mol. The van der Waals surface area contributed by atoms with Crippen molar-refractivity contribution in [2.45, 2.75) is 0 Å². The van der Waals surface area contributed by atoms with E-state index < -0.39 is 11.8 Å². The Kier molecular flexibility index (Phi) is 2.30. The van der Waals surface area contributed by atoms with E-state index in [1.807, 2.05) is 0 Å². The Morgan fingerprint density at radius 2 is 1.67 bits per heavy atom. The normalized spacial score (nSPS) is 14.2. The lowest BCUT2D eigenvalue weighted by Gasteiger charge is -2.04. The van der Waals surface area contributed by atoms with Gasteiger partial charge in [0.2, 0.25) is 0 Å². The number of hydrogen-bond donors (Lipinski definition) is 1. The number of benzene rings is 2. The Bertz CT molecular complexity index is 1020. The molecule has 102 valence electrons. The molecule has 0 saturated heterocycles. The number of hydrogen-bond acceptors (Lipinski definition) is 5. The van der Waals surface area contributed by atoms with Crippen LogP contribution in [-0.2, 0) is 0 Å². The zero-order valence-corrected chi connectivity index (χ0v) is 11.3. The van der Waals surface area contributed by atoms with E-state index in [4.69, 9.17) is 0 Å². The number of amides is 2. The molecule has 1 aliphatic rings. The minimum absolute atomic E-state index is 0.0937. The highest BCUT2D eigenvalue weighted by molar-refractivity contribution is 7.25. The van der Waals surface area contributed by atoms with E-state index in [0.29, 0.717) is 15.5 Å². The Labute approximate surface area is 121 Å². The van der Waals surface area contributed by atoms with Gasteiger partial charge in [-0.05, 0) is 24.3 Å². The molecule has 0 spiro atoms. The Morgan fingerprint density at radius 1 is 0.905 bits per heavy atom. The first kappa shape index (κ1) is 12.2. The molecule has 0 fully saturated rings. The number of hydroxylamine groups is 2. The van der Waals surface area contributed by atoms with Crippen LogP contribution in [0, 0.1) is 0 Å². The third-order valence-electron chi connectivity index (χ3n) is 3.58. The van der Waals surface area contributed by atoms with Gasteiger partial charge in [-0.2, -0.15) is 0 Å². The third-order valence-corrected chi connectivity index (χ3v) is 4.78. The molecule has 0 saturated carbocycles. The van der Waals surface area contributed by atoms with Crippen LogP contribution in [0.2, 0.25) is 0 Å². The second kappa shape index (κ2) is 3.97. The van der Waals surface area contributed by atoms with Crippen molar-refractivity contribution in [3.8, 4) is 0 Å². The molecule has 1 aromatic heterocycles. The molecule has 0 aliphatic carbocycles. The number of carbonyl (C=O) groups is 2. The maximum Gasteiger partial charge on any atom is 0.287 e. The van der Waals surface area contributed by atoms with Crippen molar-refractivity contribution in [1.29, 1.82) is 0 Å². The highest BCUT2D eigenvalue weighted by atomic mass is 32.1. The first-order chi connectivity index (χ1) is 10.1. The lowest BCUT2D eigenvalue weighted by Crippen LogP contribution is -2.25. The minimum Gasteiger partial charge on any atom is -0.289 e. The predicted molar refractivity (Wildman–Crippen MR) is 77.9 cm³/mol. The summed E-state index contributed by atoms with van der Waals surface area (Å²) in [7, 11) is 0. The van der Waals surface area contributed by atoms with E-state index in [2.05, 4.69) is 0 Å². The molecule has 4 rings (SSSR count). The fraction of sp³-hybridized carbons (Fsp3) is 0. The van der Waals surface area contributed by atoms with E-state index >= 15 is 0 Å². The van der Waals surface area contributed by atoms with Gasteiger partial charge in [0.25, 0.3) is 11.8 Å². The van der Waals surface area contributed by atoms with E-state index in [0.717, 1.165) is 4.70 Å². The molecule has 1 aliphatic heterocycles. The number of imide groups is 1. The lowest BCUT2D eigenvalue weighted by atomic mass is 10.1. The third kappa shape index (κ3) is 1.45. The Morgan fingerprint density at radius 3 is 2.48 bits per heavy atom. The molecular weight excluding hydrogens is 290 g/mol. The predicted octanol–water partition coefficient (Wildman–Crippen LogP) is 2.40. The van der Waals surface area contributed by atoms with Crippen LogP contribution in [-0.4, -0.2) is 22.1 Å². The maximum atomic E-state index is 12.5. The number of nitrogens with zero attached hydrogens (tertiary/aromatic N) is 1. The second-order valence-corrected chi connectivity index (χ2v) is 5.77. The van der Waals surface area contributed by atoms with Gasteiger partial charge in [-0.1, -0.05) is 12.1 Å². The summed E-state index contributed by atoms with van der Waals surface area (Å²) in [6.45, 7) is 0. The summed E-state index contributed by atoms with van der Waals surface area (Å²) >= 11 is 1.27. The SMILES string of the molecule is O=C1c2ccc3c(=O)c4ccccc4sc3c2C(=O)N1O. The summed E-state index contributed by atoms with van der Waals surface area (Å²) in [5.74, 6) is -1.55. The Balaban J connectivity index is 2.25. The summed E-state index contributed by atoms with van der Waals surface area (Å²) in [6, 6.07) is 10.0. The van der Waals surface area contributed by atoms with Crippen LogP contribution < -0.4 is 5.43 Å². The number of carbonyl (C=O) groups excluding carboxylic acids is 2. The smallest absolute Gasteiger partial charge is 0.287 e. The van der Waals surface area contributed by atoms with Gasteiger partial charge in [0.05, 0.1) is 15.8 Å². The molecular formula is C15H7NO4S. The first-order valence-corrected chi connectivity index (χ1v) is 6.97. The van der Waals surface area contributed by atoms with Gasteiger partial charge in [0, 0.05) is 15.5 Å². The topological polar surface area (TPSA) is 74.7 Å². The highest BCUT2D eigenvalue weighted by Gasteiger charge is 2.37. The summed E-state index contributed by atoms with van der Waals surface area (Å²) in [5, 5.41) is 10.5. The molecule has 2 heterocycles. The fourth-order valence-corrected chi connectivity index (χ4v) is 3.78. The minimum atomic E-state index is -0.786. The zero-order chi connectivity index (χ0) is 14.7. The molecule has 0 unspecified atom stereocenters. The van der Waals surface area contributed by atoms with Gasteiger partial charge in [-0.25, -0.2) is 0 Å². The molecule has 2 amide bonds. The number of fused-ring (bicyclic) bond motifs is 4. The van der Waals surface area contributed by atoms with Crippen molar-refractivity contribution in [2.24, 2.45) is 0 Å². The van der Waals surface area contributed by atoms with Gasteiger partial charge >= 0.3 is 0 Å². The van der Waals surface area contributed by atoms with Crippen molar-refractivity contribution < 1.29 is 14.8 Å². The van der Waals surface area contributed by atoms with Crippen molar-refractivity contribution in [3.05, 3.63) is 57.7 Å². The molecule has 6 heteroatoms. The van der Waals surface area contributed by atoms with Gasteiger partial charge in [-0.3, -0.25) is 19.6 Å². The molecule has 21 heavy (non-hydrogen) atoms. The van der Waals surface area contributed by atoms with Crippen molar-refractivity contribution in [3.63, 3.8) is 0 Å². The molecule has 0 bridgehead atoms. The lowest BCUT2D eigenvalue weighted by molar-refractivity contribution is -0.0326. The summed E-state index contributed by atoms with van der Waals surface area (Å²) in [5.41, 5.74) is 0.0487. The number of rotatable bonds is 0. The average Bonchev–Trinajstić information content (AvgIpc) is 2.72. The van der Waals surface area contributed by atoms with Crippen LogP contribution in [0.3, 0.4) is 0 Å². The van der Waals surface area contributed by atoms with Crippen molar-refractivity contribution in [1.82, 2.24) is 5.06 Å². The van der Waals surface area contributed by atoms with Crippen LogP contribution >= 0.6 is 11.3 Å². The van der Waals surface area contributed by atoms with Crippen LogP contribution in [0.1, 0.15) is 20.7 Å². The summed E-state index contributed by atoms with van der Waals surface area (Å²) < 4.78 is 1.17. The summed E-state index contributed by atoms with van der Waals surface area (Å²) in [4.78, 5) is 36.3. The molecule has 0 atom stereocenters. The second-order valence-electron chi connectivity index (χ2n) is 4.71. The molecule has 0 radical (unpaired) electrons. The largest absolute Gasteiger partial charge is 0.289 e. The fourth-order valence-electron chi connectivity index (χ4n) is 2.57. The Hall–Kier alpha value is -2.57. The van der Waals surface area contributed by atoms with Gasteiger partial charge in [-0.15, -0.1) is 16.4 Å². The quantitative estimate of drug-likeness (QED) is 0.393. The van der Waals surface area contributed by atoms with Crippen LogP contribution in [0.25, 0.3) is 20.2 Å².